The van der Waals surface area contributed by atoms with E-state index in [4.69, 9.17) is 15.0 Å². The van der Waals surface area contributed by atoms with Gasteiger partial charge >= 0.3 is 0 Å². The quantitative estimate of drug-likeness (QED) is 0.175. The molecule has 0 aliphatic carbocycles. The van der Waals surface area contributed by atoms with Gasteiger partial charge in [0.05, 0.1) is 11.0 Å². The summed E-state index contributed by atoms with van der Waals surface area (Å²) in [6.45, 7) is 0. The van der Waals surface area contributed by atoms with Crippen molar-refractivity contribution in [2.24, 2.45) is 0 Å². The fraction of sp³-hybridized carbons (Fsp3) is 0. The average Bonchev–Trinajstić information content (AvgIpc) is 3.56. The maximum Gasteiger partial charge on any atom is 0.238 e. The molecule has 0 unspecified atom stereocenters. The normalized spacial score (nSPS) is 12.2. The number of rotatable bonds is 3. The summed E-state index contributed by atoms with van der Waals surface area (Å²) in [5.74, 6) is 1.86. The molecule has 12 aromatic rings. The van der Waals surface area contributed by atoms with Crippen molar-refractivity contribution in [3.05, 3.63) is 170 Å². The Bertz CT molecular complexity index is 3390. The molecule has 12 rings (SSSR count). The molecule has 0 fully saturated rings. The number of fused-ring (bicyclic) bond motifs is 5. The fourth-order valence-electron chi connectivity index (χ4n) is 8.86. The van der Waals surface area contributed by atoms with Crippen molar-refractivity contribution in [1.29, 1.82) is 0 Å². The molecule has 244 valence electrons. The monoisotopic (exact) mass is 672 g/mol. The number of para-hydroxylation sites is 2. The van der Waals surface area contributed by atoms with Gasteiger partial charge in [-0.1, -0.05) is 146 Å². The molecule has 0 saturated heterocycles. The Morgan fingerprint density at radius 1 is 0.302 bits per heavy atom. The predicted molar refractivity (Wildman–Crippen MR) is 221 cm³/mol. The first-order valence-corrected chi connectivity index (χ1v) is 18.0. The number of aromatic nitrogens is 4. The van der Waals surface area contributed by atoms with Gasteiger partial charge in [0, 0.05) is 21.9 Å². The maximum absolute atomic E-state index is 5.34. The molecule has 0 aliphatic heterocycles. The second-order valence-corrected chi connectivity index (χ2v) is 14.0. The van der Waals surface area contributed by atoms with Crippen LogP contribution in [-0.4, -0.2) is 19.5 Å². The van der Waals surface area contributed by atoms with Crippen molar-refractivity contribution in [1.82, 2.24) is 19.5 Å². The third kappa shape index (κ3) is 4.03. The summed E-state index contributed by atoms with van der Waals surface area (Å²) >= 11 is 0. The standard InChI is InChI=1S/C49H28N4/c1-2-11-32(12-3-1)47-50-48(52-49(51-47)53-41-21-6-4-16-35(41)36-17-5-7-22-42(36)53)34-27-33-26-25-31-14-9-19-38-37-18-8-13-29-23-24-30-15-10-20-39(45(30)43(29)37)40(28-34)46(33)44(31)38/h1-28H. The second kappa shape index (κ2) is 10.7. The Labute approximate surface area is 303 Å². The van der Waals surface area contributed by atoms with Crippen molar-refractivity contribution < 1.29 is 0 Å². The molecule has 2 heterocycles. The Morgan fingerprint density at radius 3 is 1.34 bits per heavy atom. The van der Waals surface area contributed by atoms with Crippen LogP contribution in [0, 0.1) is 0 Å². The lowest BCUT2D eigenvalue weighted by Gasteiger charge is -2.17. The van der Waals surface area contributed by atoms with Crippen LogP contribution in [0.2, 0.25) is 0 Å². The van der Waals surface area contributed by atoms with Gasteiger partial charge in [-0.2, -0.15) is 9.97 Å². The van der Waals surface area contributed by atoms with Crippen LogP contribution >= 0.6 is 0 Å². The highest BCUT2D eigenvalue weighted by atomic mass is 15.2. The van der Waals surface area contributed by atoms with Crippen LogP contribution in [-0.2, 0) is 0 Å². The van der Waals surface area contributed by atoms with Crippen LogP contribution in [0.3, 0.4) is 0 Å². The minimum atomic E-state index is 0.593. The summed E-state index contributed by atoms with van der Waals surface area (Å²) in [6, 6.07) is 61.0. The first kappa shape index (κ1) is 28.5. The summed E-state index contributed by atoms with van der Waals surface area (Å²) in [6.07, 6.45) is 0. The molecule has 0 bridgehead atoms. The van der Waals surface area contributed by atoms with Crippen molar-refractivity contribution in [3.8, 4) is 28.7 Å². The first-order valence-electron chi connectivity index (χ1n) is 18.0. The SMILES string of the molecule is c1ccc(-c2nc(-c3cc4ccc5cccc6c7cccc8ccc9cccc(c(c3)c4c56)c9c87)nc(-n3c4ccccc4c4ccccc43)n2)cc1. The number of hydrogen-bond acceptors (Lipinski definition) is 3. The molecule has 2 aromatic heterocycles. The van der Waals surface area contributed by atoms with Crippen LogP contribution < -0.4 is 0 Å². The van der Waals surface area contributed by atoms with Crippen molar-refractivity contribution >= 4 is 86.4 Å². The van der Waals surface area contributed by atoms with Gasteiger partial charge in [0.25, 0.3) is 0 Å². The molecule has 53 heavy (non-hydrogen) atoms. The number of benzene rings is 9. The van der Waals surface area contributed by atoms with Gasteiger partial charge in [-0.25, -0.2) is 4.98 Å². The zero-order chi connectivity index (χ0) is 34.6. The summed E-state index contributed by atoms with van der Waals surface area (Å²) < 4.78 is 2.18. The first-order chi connectivity index (χ1) is 26.3. The van der Waals surface area contributed by atoms with Gasteiger partial charge in [-0.3, -0.25) is 4.57 Å². The number of hydrogen-bond donors (Lipinski definition) is 0. The molecule has 0 saturated carbocycles. The third-order valence-corrected chi connectivity index (χ3v) is 11.1. The number of nitrogens with zero attached hydrogens (tertiary/aromatic N) is 4. The maximum atomic E-state index is 5.34. The van der Waals surface area contributed by atoms with Gasteiger partial charge < -0.3 is 0 Å². The van der Waals surface area contributed by atoms with Crippen molar-refractivity contribution in [2.75, 3.05) is 0 Å². The molecule has 10 aromatic carbocycles. The molecule has 4 nitrogen and oxygen atoms in total. The fourth-order valence-corrected chi connectivity index (χ4v) is 8.86. The predicted octanol–water partition coefficient (Wildman–Crippen LogP) is 12.7. The van der Waals surface area contributed by atoms with E-state index in [1.165, 1.54) is 70.0 Å². The van der Waals surface area contributed by atoms with Crippen LogP contribution in [0.5, 0.6) is 0 Å². The minimum Gasteiger partial charge on any atom is -0.278 e. The Morgan fingerprint density at radius 2 is 0.755 bits per heavy atom. The Hall–Kier alpha value is -7.17. The molecular weight excluding hydrogens is 645 g/mol. The zero-order valence-electron chi connectivity index (χ0n) is 28.5. The molecule has 0 atom stereocenters. The molecule has 0 spiro atoms. The average molecular weight is 673 g/mol. The third-order valence-electron chi connectivity index (χ3n) is 11.1. The van der Waals surface area contributed by atoms with Crippen molar-refractivity contribution in [3.63, 3.8) is 0 Å². The van der Waals surface area contributed by atoms with E-state index in [2.05, 4.69) is 156 Å². The van der Waals surface area contributed by atoms with Crippen LogP contribution in [0.15, 0.2) is 170 Å². The Balaban J connectivity index is 1.25. The molecule has 0 radical (unpaired) electrons. The van der Waals surface area contributed by atoms with E-state index in [1.807, 2.05) is 18.2 Å². The van der Waals surface area contributed by atoms with E-state index in [1.54, 1.807) is 0 Å². The lowest BCUT2D eigenvalue weighted by Crippen LogP contribution is -2.06. The van der Waals surface area contributed by atoms with Crippen LogP contribution in [0.1, 0.15) is 0 Å². The highest BCUT2D eigenvalue weighted by molar-refractivity contribution is 6.37. The summed E-state index contributed by atoms with van der Waals surface area (Å²) in [5.41, 5.74) is 4.01. The highest BCUT2D eigenvalue weighted by Crippen LogP contribution is 2.44. The van der Waals surface area contributed by atoms with Crippen molar-refractivity contribution in [2.45, 2.75) is 0 Å². The largest absolute Gasteiger partial charge is 0.278 e. The molecular formula is C49H28N4. The van der Waals surface area contributed by atoms with E-state index in [0.717, 1.165) is 27.5 Å². The van der Waals surface area contributed by atoms with E-state index in [0.29, 0.717) is 17.6 Å². The van der Waals surface area contributed by atoms with Gasteiger partial charge in [0.15, 0.2) is 11.6 Å². The van der Waals surface area contributed by atoms with Gasteiger partial charge in [-0.15, -0.1) is 0 Å². The van der Waals surface area contributed by atoms with Crippen LogP contribution in [0.4, 0.5) is 0 Å². The molecule has 4 heteroatoms. The molecule has 0 amide bonds. The molecule has 0 N–H and O–H groups in total. The Kier molecular flexibility index (Phi) is 5.74. The topological polar surface area (TPSA) is 43.6 Å². The molecule has 0 aliphatic rings. The van der Waals surface area contributed by atoms with Crippen LogP contribution in [0.25, 0.3) is 115 Å². The van der Waals surface area contributed by atoms with E-state index >= 15 is 0 Å². The lowest BCUT2D eigenvalue weighted by molar-refractivity contribution is 0.954. The summed E-state index contributed by atoms with van der Waals surface area (Å²) in [4.78, 5) is 15.7. The summed E-state index contributed by atoms with van der Waals surface area (Å²) in [7, 11) is 0. The van der Waals surface area contributed by atoms with Gasteiger partial charge in [0.1, 0.15) is 0 Å². The summed E-state index contributed by atoms with van der Waals surface area (Å²) in [5, 5.41) is 17.2. The smallest absolute Gasteiger partial charge is 0.238 e. The lowest BCUT2D eigenvalue weighted by atomic mass is 9.87. The van der Waals surface area contributed by atoms with Gasteiger partial charge in [0.2, 0.25) is 5.95 Å². The zero-order valence-corrected chi connectivity index (χ0v) is 28.5. The van der Waals surface area contributed by atoms with Gasteiger partial charge in [-0.05, 0) is 88.9 Å². The van der Waals surface area contributed by atoms with E-state index in [9.17, 15) is 0 Å². The van der Waals surface area contributed by atoms with E-state index in [-0.39, 0.29) is 0 Å². The van der Waals surface area contributed by atoms with E-state index < -0.39 is 0 Å². The minimum absolute atomic E-state index is 0.593. The second-order valence-electron chi connectivity index (χ2n) is 14.0. The highest BCUT2D eigenvalue weighted by Gasteiger charge is 2.20.